The zero-order chi connectivity index (χ0) is 15.1. The van der Waals surface area contributed by atoms with Crippen LogP contribution in [0.4, 0.5) is 0 Å². The van der Waals surface area contributed by atoms with Gasteiger partial charge in [-0.1, -0.05) is 25.5 Å². The van der Waals surface area contributed by atoms with Gasteiger partial charge in [-0.15, -0.1) is 0 Å². The van der Waals surface area contributed by atoms with Crippen LogP contribution in [0.3, 0.4) is 0 Å². The number of ether oxygens (including phenoxy) is 1. The molecule has 3 atom stereocenters. The van der Waals surface area contributed by atoms with Crippen molar-refractivity contribution in [3.05, 3.63) is 34.9 Å². The van der Waals surface area contributed by atoms with Crippen LogP contribution in [0.1, 0.15) is 41.0 Å². The highest BCUT2D eigenvalue weighted by Crippen LogP contribution is 2.49. The Morgan fingerprint density at radius 1 is 1.35 bits per heavy atom. The molecule has 0 spiro atoms. The molecule has 2 rings (SSSR count). The van der Waals surface area contributed by atoms with Gasteiger partial charge >= 0.3 is 5.97 Å². The minimum absolute atomic E-state index is 0.111. The van der Waals surface area contributed by atoms with Crippen LogP contribution in [0.5, 0.6) is 0 Å². The first-order valence-electron chi connectivity index (χ1n) is 7.04. The standard InChI is InChI=1S/C17H22O3/c1-10(2)14-9-17(5)11(3)16(20-12(4)18)7-6-13(17)8-15(14)19/h6-8,11,16H,9H2,1-5H3. The molecular weight excluding hydrogens is 252 g/mol. The average molecular weight is 274 g/mol. The van der Waals surface area contributed by atoms with Gasteiger partial charge in [0.25, 0.3) is 0 Å². The Morgan fingerprint density at radius 3 is 2.55 bits per heavy atom. The second kappa shape index (κ2) is 5.04. The van der Waals surface area contributed by atoms with Crippen molar-refractivity contribution in [3.63, 3.8) is 0 Å². The lowest BCUT2D eigenvalue weighted by atomic mass is 9.60. The lowest BCUT2D eigenvalue weighted by Gasteiger charge is -2.45. The smallest absolute Gasteiger partial charge is 0.303 e. The van der Waals surface area contributed by atoms with Gasteiger partial charge in [0.2, 0.25) is 0 Å². The summed E-state index contributed by atoms with van der Waals surface area (Å²) in [6.45, 7) is 9.62. The Hall–Kier alpha value is -1.64. The summed E-state index contributed by atoms with van der Waals surface area (Å²) in [6.07, 6.45) is 6.06. The van der Waals surface area contributed by atoms with E-state index >= 15 is 0 Å². The summed E-state index contributed by atoms with van der Waals surface area (Å²) < 4.78 is 5.39. The highest BCUT2D eigenvalue weighted by Gasteiger charge is 2.45. The van der Waals surface area contributed by atoms with Crippen molar-refractivity contribution in [1.82, 2.24) is 0 Å². The monoisotopic (exact) mass is 274 g/mol. The molecule has 0 amide bonds. The molecule has 3 unspecified atom stereocenters. The average Bonchev–Trinajstić information content (AvgIpc) is 2.34. The van der Waals surface area contributed by atoms with Crippen LogP contribution in [-0.4, -0.2) is 17.9 Å². The number of hydrogen-bond donors (Lipinski definition) is 0. The summed E-state index contributed by atoms with van der Waals surface area (Å²) in [5, 5.41) is 0. The van der Waals surface area contributed by atoms with E-state index in [9.17, 15) is 9.59 Å². The normalized spacial score (nSPS) is 32.5. The number of ketones is 1. The zero-order valence-corrected chi connectivity index (χ0v) is 12.8. The number of rotatable bonds is 1. The molecule has 0 N–H and O–H groups in total. The fourth-order valence-corrected chi connectivity index (χ4v) is 3.10. The van der Waals surface area contributed by atoms with Crippen molar-refractivity contribution in [2.75, 3.05) is 0 Å². The van der Waals surface area contributed by atoms with Gasteiger partial charge in [0.15, 0.2) is 5.78 Å². The predicted molar refractivity (Wildman–Crippen MR) is 78.0 cm³/mol. The van der Waals surface area contributed by atoms with Crippen LogP contribution in [0.2, 0.25) is 0 Å². The van der Waals surface area contributed by atoms with E-state index in [1.165, 1.54) is 6.92 Å². The van der Waals surface area contributed by atoms with E-state index in [4.69, 9.17) is 4.74 Å². The van der Waals surface area contributed by atoms with Crippen molar-refractivity contribution >= 4 is 11.8 Å². The molecule has 0 saturated heterocycles. The van der Waals surface area contributed by atoms with Gasteiger partial charge < -0.3 is 4.74 Å². The number of fused-ring (bicyclic) bond motifs is 1. The number of carbonyl (C=O) groups excluding carboxylic acids is 2. The Bertz CT molecular complexity index is 547. The number of esters is 1. The minimum Gasteiger partial charge on any atom is -0.458 e. The van der Waals surface area contributed by atoms with Crippen LogP contribution < -0.4 is 0 Å². The van der Waals surface area contributed by atoms with Crippen LogP contribution in [0.25, 0.3) is 0 Å². The van der Waals surface area contributed by atoms with E-state index in [2.05, 4.69) is 13.8 Å². The molecule has 2 aliphatic rings. The summed E-state index contributed by atoms with van der Waals surface area (Å²) in [4.78, 5) is 23.4. The first-order chi connectivity index (χ1) is 9.25. The molecule has 2 aliphatic carbocycles. The molecule has 0 bridgehead atoms. The fourth-order valence-electron chi connectivity index (χ4n) is 3.10. The molecule has 0 aliphatic heterocycles. The molecule has 3 nitrogen and oxygen atoms in total. The maximum absolute atomic E-state index is 12.1. The lowest BCUT2D eigenvalue weighted by Crippen LogP contribution is -2.42. The first kappa shape index (κ1) is 14.8. The summed E-state index contributed by atoms with van der Waals surface area (Å²) in [7, 11) is 0. The highest BCUT2D eigenvalue weighted by atomic mass is 16.5. The number of hydrogen-bond acceptors (Lipinski definition) is 3. The number of carbonyl (C=O) groups is 2. The highest BCUT2D eigenvalue weighted by molar-refractivity contribution is 6.06. The third-order valence-electron chi connectivity index (χ3n) is 4.66. The Labute approximate surface area is 120 Å². The van der Waals surface area contributed by atoms with Gasteiger partial charge in [0.05, 0.1) is 0 Å². The maximum atomic E-state index is 12.1. The molecule has 0 aromatic rings. The maximum Gasteiger partial charge on any atom is 0.303 e. The van der Waals surface area contributed by atoms with Crippen LogP contribution in [0.15, 0.2) is 34.9 Å². The molecule has 0 heterocycles. The molecule has 0 radical (unpaired) electrons. The third-order valence-corrected chi connectivity index (χ3v) is 4.66. The molecular formula is C17H22O3. The molecule has 0 saturated carbocycles. The predicted octanol–water partition coefficient (Wildman–Crippen LogP) is 3.37. The van der Waals surface area contributed by atoms with E-state index in [-0.39, 0.29) is 29.2 Å². The first-order valence-corrected chi connectivity index (χ1v) is 7.04. The summed E-state index contributed by atoms with van der Waals surface area (Å²) in [5.74, 6) is -0.0118. The number of allylic oxidation sites excluding steroid dienone is 5. The Balaban J connectivity index is 2.44. The van der Waals surface area contributed by atoms with Gasteiger partial charge in [0.1, 0.15) is 6.10 Å². The van der Waals surface area contributed by atoms with E-state index in [0.717, 1.165) is 16.7 Å². The van der Waals surface area contributed by atoms with Crippen molar-refractivity contribution in [1.29, 1.82) is 0 Å². The molecule has 0 aromatic carbocycles. The Morgan fingerprint density at radius 2 is 2.00 bits per heavy atom. The topological polar surface area (TPSA) is 43.4 Å². The van der Waals surface area contributed by atoms with Crippen molar-refractivity contribution < 1.29 is 14.3 Å². The quantitative estimate of drug-likeness (QED) is 0.544. The van der Waals surface area contributed by atoms with Crippen molar-refractivity contribution in [3.8, 4) is 0 Å². The van der Waals surface area contributed by atoms with Crippen LogP contribution in [0, 0.1) is 11.3 Å². The summed E-state index contributed by atoms with van der Waals surface area (Å²) in [5.41, 5.74) is 2.84. The third kappa shape index (κ3) is 2.37. The zero-order valence-electron chi connectivity index (χ0n) is 12.8. The minimum atomic E-state index is -0.267. The molecule has 20 heavy (non-hydrogen) atoms. The fraction of sp³-hybridized carbons (Fsp3) is 0.529. The van der Waals surface area contributed by atoms with Gasteiger partial charge in [-0.2, -0.15) is 0 Å². The van der Waals surface area contributed by atoms with Gasteiger partial charge in [-0.05, 0) is 43.6 Å². The lowest BCUT2D eigenvalue weighted by molar-refractivity contribution is -0.148. The van der Waals surface area contributed by atoms with E-state index < -0.39 is 0 Å². The van der Waals surface area contributed by atoms with Crippen LogP contribution in [-0.2, 0) is 14.3 Å². The summed E-state index contributed by atoms with van der Waals surface area (Å²) in [6, 6.07) is 0. The molecule has 108 valence electrons. The van der Waals surface area contributed by atoms with Crippen molar-refractivity contribution in [2.45, 2.75) is 47.1 Å². The summed E-state index contributed by atoms with van der Waals surface area (Å²) >= 11 is 0. The molecule has 0 aromatic heterocycles. The van der Waals surface area contributed by atoms with Gasteiger partial charge in [0, 0.05) is 18.3 Å². The Kier molecular flexibility index (Phi) is 3.72. The second-order valence-electron chi connectivity index (χ2n) is 6.26. The van der Waals surface area contributed by atoms with Crippen LogP contribution >= 0.6 is 0 Å². The second-order valence-corrected chi connectivity index (χ2v) is 6.26. The van der Waals surface area contributed by atoms with E-state index in [0.29, 0.717) is 6.42 Å². The van der Waals surface area contributed by atoms with Gasteiger partial charge in [-0.25, -0.2) is 0 Å². The SMILES string of the molecule is CC(=O)OC1C=CC2=CC(=O)C(=C(C)C)CC2(C)C1C. The molecule has 3 heteroatoms. The van der Waals surface area contributed by atoms with Gasteiger partial charge in [-0.3, -0.25) is 9.59 Å². The van der Waals surface area contributed by atoms with E-state index in [1.807, 2.05) is 26.0 Å². The van der Waals surface area contributed by atoms with Crippen molar-refractivity contribution in [2.24, 2.45) is 11.3 Å². The van der Waals surface area contributed by atoms with E-state index in [1.54, 1.807) is 6.08 Å². The largest absolute Gasteiger partial charge is 0.458 e. The molecule has 0 fully saturated rings.